The highest BCUT2D eigenvalue weighted by atomic mass is 16.6. The molecular formula is C16H16N2O5. The number of ether oxygens (including phenoxy) is 2. The molecule has 1 aromatic carbocycles. The van der Waals surface area contributed by atoms with Crippen molar-refractivity contribution < 1.29 is 23.5 Å². The summed E-state index contributed by atoms with van der Waals surface area (Å²) in [6.07, 6.45) is 1.16. The smallest absolute Gasteiger partial charge is 0.309 e. The van der Waals surface area contributed by atoms with Crippen molar-refractivity contribution in [2.24, 2.45) is 0 Å². The highest BCUT2D eigenvalue weighted by Crippen LogP contribution is 2.30. The molecule has 2 N–H and O–H groups in total. The van der Waals surface area contributed by atoms with Gasteiger partial charge in [-0.05, 0) is 24.3 Å². The Morgan fingerprint density at radius 2 is 1.83 bits per heavy atom. The summed E-state index contributed by atoms with van der Waals surface area (Å²) in [7, 11) is 0. The highest BCUT2D eigenvalue weighted by molar-refractivity contribution is 6.35. The van der Waals surface area contributed by atoms with Crippen molar-refractivity contribution in [3.8, 4) is 11.5 Å². The van der Waals surface area contributed by atoms with E-state index < -0.39 is 11.8 Å². The van der Waals surface area contributed by atoms with E-state index in [-0.39, 0.29) is 19.2 Å². The molecular weight excluding hydrogens is 300 g/mol. The molecule has 3 rings (SSSR count). The molecule has 2 heterocycles. The molecule has 1 aromatic heterocycles. The van der Waals surface area contributed by atoms with Gasteiger partial charge in [-0.1, -0.05) is 12.1 Å². The standard InChI is InChI=1S/C16H16N2O5/c19-15(17-8-11-4-3-7-21-11)16(20)18-9-12-10-22-13-5-1-2-6-14(13)23-12/h1-7,12H,8-10H2,(H,17,19)(H,18,20)/t12-/m0/s1. The van der Waals surface area contributed by atoms with Crippen LogP contribution >= 0.6 is 0 Å². The quantitative estimate of drug-likeness (QED) is 0.816. The van der Waals surface area contributed by atoms with Crippen molar-refractivity contribution >= 4 is 11.8 Å². The van der Waals surface area contributed by atoms with Crippen LogP contribution in [-0.2, 0) is 16.1 Å². The molecule has 0 saturated heterocycles. The Bertz CT molecular complexity index is 684. The van der Waals surface area contributed by atoms with E-state index in [9.17, 15) is 9.59 Å². The lowest BCUT2D eigenvalue weighted by molar-refractivity contribution is -0.139. The Morgan fingerprint density at radius 1 is 1.04 bits per heavy atom. The van der Waals surface area contributed by atoms with Crippen molar-refractivity contribution in [3.63, 3.8) is 0 Å². The maximum atomic E-state index is 11.7. The molecule has 0 bridgehead atoms. The van der Waals surface area contributed by atoms with Gasteiger partial charge in [-0.15, -0.1) is 0 Å². The number of furan rings is 1. The third-order valence-electron chi connectivity index (χ3n) is 3.27. The van der Waals surface area contributed by atoms with Crippen molar-refractivity contribution in [1.29, 1.82) is 0 Å². The predicted octanol–water partition coefficient (Wildman–Crippen LogP) is 0.852. The van der Waals surface area contributed by atoms with E-state index in [1.165, 1.54) is 6.26 Å². The number of hydrogen-bond acceptors (Lipinski definition) is 5. The second-order valence-corrected chi connectivity index (χ2v) is 4.97. The maximum absolute atomic E-state index is 11.7. The van der Waals surface area contributed by atoms with Gasteiger partial charge in [0.05, 0.1) is 19.4 Å². The van der Waals surface area contributed by atoms with Crippen LogP contribution in [0.5, 0.6) is 11.5 Å². The largest absolute Gasteiger partial charge is 0.486 e. The first-order valence-corrected chi connectivity index (χ1v) is 7.19. The second kappa shape index (κ2) is 6.87. The van der Waals surface area contributed by atoms with Crippen LogP contribution in [0.2, 0.25) is 0 Å². The SMILES string of the molecule is O=C(NCc1ccco1)C(=O)NC[C@H]1COc2ccccc2O1. The summed E-state index contributed by atoms with van der Waals surface area (Å²) >= 11 is 0. The van der Waals surface area contributed by atoms with Gasteiger partial charge in [0.2, 0.25) is 0 Å². The van der Waals surface area contributed by atoms with Gasteiger partial charge in [0.1, 0.15) is 18.5 Å². The fourth-order valence-corrected chi connectivity index (χ4v) is 2.11. The van der Waals surface area contributed by atoms with E-state index >= 15 is 0 Å². The number of amides is 2. The van der Waals surface area contributed by atoms with Crippen molar-refractivity contribution in [1.82, 2.24) is 10.6 Å². The molecule has 120 valence electrons. The Morgan fingerprint density at radius 3 is 2.61 bits per heavy atom. The topological polar surface area (TPSA) is 89.8 Å². The molecule has 0 unspecified atom stereocenters. The van der Waals surface area contributed by atoms with E-state index in [0.717, 1.165) is 0 Å². The van der Waals surface area contributed by atoms with Crippen LogP contribution in [0.25, 0.3) is 0 Å². The summed E-state index contributed by atoms with van der Waals surface area (Å²) < 4.78 is 16.3. The monoisotopic (exact) mass is 316 g/mol. The Labute approximate surface area is 132 Å². The third-order valence-corrected chi connectivity index (χ3v) is 3.27. The summed E-state index contributed by atoms with van der Waals surface area (Å²) in [6.45, 7) is 0.655. The first-order valence-electron chi connectivity index (χ1n) is 7.19. The molecule has 0 fully saturated rings. The van der Waals surface area contributed by atoms with Gasteiger partial charge < -0.3 is 24.5 Å². The lowest BCUT2D eigenvalue weighted by Gasteiger charge is -2.26. The maximum Gasteiger partial charge on any atom is 0.309 e. The first kappa shape index (κ1) is 15.0. The minimum Gasteiger partial charge on any atom is -0.486 e. The Hall–Kier alpha value is -2.96. The Kier molecular flexibility index (Phi) is 4.46. The fraction of sp³-hybridized carbons (Fsp3) is 0.250. The van der Waals surface area contributed by atoms with Crippen LogP contribution in [0.3, 0.4) is 0 Å². The summed E-state index contributed by atoms with van der Waals surface area (Å²) in [5, 5.41) is 5.00. The van der Waals surface area contributed by atoms with E-state index in [1.54, 1.807) is 18.2 Å². The first-order chi connectivity index (χ1) is 11.2. The number of para-hydroxylation sites is 2. The van der Waals surface area contributed by atoms with Gasteiger partial charge in [-0.2, -0.15) is 0 Å². The van der Waals surface area contributed by atoms with Crippen LogP contribution in [0.1, 0.15) is 5.76 Å². The molecule has 0 spiro atoms. The summed E-state index contributed by atoms with van der Waals surface area (Å²) in [6, 6.07) is 10.7. The summed E-state index contributed by atoms with van der Waals surface area (Å²) in [4.78, 5) is 23.4. The number of benzene rings is 1. The number of carbonyl (C=O) groups excluding carboxylic acids is 2. The number of rotatable bonds is 4. The molecule has 1 aliphatic heterocycles. The summed E-state index contributed by atoms with van der Waals surface area (Å²) in [5.41, 5.74) is 0. The van der Waals surface area contributed by atoms with Gasteiger partial charge in [-0.3, -0.25) is 9.59 Å². The van der Waals surface area contributed by atoms with Crippen molar-refractivity contribution in [2.45, 2.75) is 12.6 Å². The molecule has 0 radical (unpaired) electrons. The van der Waals surface area contributed by atoms with Crippen LogP contribution in [0.4, 0.5) is 0 Å². The average Bonchev–Trinajstić information content (AvgIpc) is 3.10. The highest BCUT2D eigenvalue weighted by Gasteiger charge is 2.22. The zero-order valence-corrected chi connectivity index (χ0v) is 12.3. The van der Waals surface area contributed by atoms with E-state index in [1.807, 2.05) is 18.2 Å². The Balaban J connectivity index is 1.43. The number of hydrogen-bond donors (Lipinski definition) is 2. The van der Waals surface area contributed by atoms with Crippen LogP contribution in [-0.4, -0.2) is 31.1 Å². The van der Waals surface area contributed by atoms with Gasteiger partial charge in [0, 0.05) is 0 Å². The number of carbonyl (C=O) groups is 2. The van der Waals surface area contributed by atoms with Crippen LogP contribution in [0, 0.1) is 0 Å². The molecule has 2 amide bonds. The zero-order valence-electron chi connectivity index (χ0n) is 12.3. The number of fused-ring (bicyclic) bond motifs is 1. The van der Waals surface area contributed by atoms with Crippen LogP contribution in [0.15, 0.2) is 47.1 Å². The third kappa shape index (κ3) is 3.82. The van der Waals surface area contributed by atoms with E-state index in [0.29, 0.717) is 23.9 Å². The van der Waals surface area contributed by atoms with Gasteiger partial charge in [0.25, 0.3) is 0 Å². The van der Waals surface area contributed by atoms with Gasteiger partial charge in [-0.25, -0.2) is 0 Å². The lowest BCUT2D eigenvalue weighted by atomic mass is 10.2. The van der Waals surface area contributed by atoms with Gasteiger partial charge >= 0.3 is 11.8 Å². The van der Waals surface area contributed by atoms with E-state index in [2.05, 4.69) is 10.6 Å². The molecule has 23 heavy (non-hydrogen) atoms. The average molecular weight is 316 g/mol. The molecule has 1 aliphatic rings. The number of nitrogens with one attached hydrogen (secondary N) is 2. The van der Waals surface area contributed by atoms with Crippen molar-refractivity contribution in [3.05, 3.63) is 48.4 Å². The summed E-state index contributed by atoms with van der Waals surface area (Å²) in [5.74, 6) is 0.427. The molecule has 0 aliphatic carbocycles. The lowest BCUT2D eigenvalue weighted by Crippen LogP contribution is -2.45. The minimum absolute atomic E-state index is 0.162. The minimum atomic E-state index is -0.724. The van der Waals surface area contributed by atoms with Gasteiger partial charge in [0.15, 0.2) is 11.5 Å². The molecule has 7 heteroatoms. The molecule has 1 atom stereocenters. The fourth-order valence-electron chi connectivity index (χ4n) is 2.11. The van der Waals surface area contributed by atoms with Crippen molar-refractivity contribution in [2.75, 3.05) is 13.2 Å². The van der Waals surface area contributed by atoms with E-state index in [4.69, 9.17) is 13.9 Å². The second-order valence-electron chi connectivity index (χ2n) is 4.97. The van der Waals surface area contributed by atoms with Crippen LogP contribution < -0.4 is 20.1 Å². The normalized spacial score (nSPS) is 15.7. The molecule has 0 saturated carbocycles. The predicted molar refractivity (Wildman–Crippen MR) is 79.9 cm³/mol. The molecule has 2 aromatic rings. The zero-order chi connectivity index (χ0) is 16.1. The molecule has 7 nitrogen and oxygen atoms in total.